The quantitative estimate of drug-likeness (QED) is 0.738. The maximum absolute atomic E-state index is 11.4. The Bertz CT molecular complexity index is 390. The Morgan fingerprint density at radius 2 is 2.20 bits per heavy atom. The van der Waals surface area contributed by atoms with Gasteiger partial charge in [-0.15, -0.1) is 0 Å². The van der Waals surface area contributed by atoms with E-state index in [0.717, 1.165) is 31.5 Å². The highest BCUT2D eigenvalue weighted by Crippen LogP contribution is 2.18. The van der Waals surface area contributed by atoms with Gasteiger partial charge in [0.2, 0.25) is 0 Å². The summed E-state index contributed by atoms with van der Waals surface area (Å²) in [7, 11) is 1.99. The van der Waals surface area contributed by atoms with Crippen LogP contribution in [0.4, 0.5) is 0 Å². The summed E-state index contributed by atoms with van der Waals surface area (Å²) in [6, 6.07) is 0. The largest absolute Gasteiger partial charge is 0.338 e. The Morgan fingerprint density at radius 1 is 1.40 bits per heavy atom. The van der Waals surface area contributed by atoms with Crippen molar-refractivity contribution < 1.29 is 4.79 Å². The maximum atomic E-state index is 11.4. The molecule has 0 saturated heterocycles. The molecule has 0 N–H and O–H groups in total. The van der Waals surface area contributed by atoms with Gasteiger partial charge < -0.3 is 4.57 Å². The lowest BCUT2D eigenvalue weighted by Gasteiger charge is -2.04. The molecule has 1 aromatic heterocycles. The van der Waals surface area contributed by atoms with E-state index in [1.165, 1.54) is 5.57 Å². The first kappa shape index (κ1) is 10.1. The minimum absolute atomic E-state index is 0.275. The van der Waals surface area contributed by atoms with Crippen LogP contribution in [0.3, 0.4) is 0 Å². The molecule has 1 aliphatic carbocycles. The average molecular weight is 204 g/mol. The van der Waals surface area contributed by atoms with E-state index in [4.69, 9.17) is 0 Å². The summed E-state index contributed by atoms with van der Waals surface area (Å²) in [4.78, 5) is 15.7. The first-order valence-corrected chi connectivity index (χ1v) is 5.44. The van der Waals surface area contributed by atoms with Crippen molar-refractivity contribution in [3.05, 3.63) is 29.9 Å². The van der Waals surface area contributed by atoms with Crippen molar-refractivity contribution in [2.45, 2.75) is 32.1 Å². The Morgan fingerprint density at radius 3 is 2.93 bits per heavy atom. The predicted molar refractivity (Wildman–Crippen MR) is 58.5 cm³/mol. The van der Waals surface area contributed by atoms with E-state index in [0.29, 0.717) is 6.42 Å². The topological polar surface area (TPSA) is 34.9 Å². The molecule has 0 radical (unpaired) electrons. The fourth-order valence-electron chi connectivity index (χ4n) is 1.93. The van der Waals surface area contributed by atoms with Crippen LogP contribution in [0.25, 0.3) is 0 Å². The van der Waals surface area contributed by atoms with Crippen LogP contribution in [-0.4, -0.2) is 15.3 Å². The van der Waals surface area contributed by atoms with E-state index in [1.807, 2.05) is 23.9 Å². The van der Waals surface area contributed by atoms with Crippen LogP contribution < -0.4 is 0 Å². The molecular formula is C12H16N2O. The minimum atomic E-state index is 0.275. The molecule has 0 amide bonds. The van der Waals surface area contributed by atoms with Gasteiger partial charge in [0.15, 0.2) is 5.78 Å². The molecule has 2 rings (SSSR count). The van der Waals surface area contributed by atoms with Gasteiger partial charge in [0.25, 0.3) is 0 Å². The predicted octanol–water partition coefficient (Wildman–Crippen LogP) is 2.03. The second-order valence-electron chi connectivity index (χ2n) is 4.11. The smallest absolute Gasteiger partial charge is 0.155 e. The molecule has 0 unspecified atom stereocenters. The second kappa shape index (κ2) is 4.43. The normalized spacial score (nSPS) is 17.4. The number of hydrogen-bond donors (Lipinski definition) is 0. The molecule has 0 bridgehead atoms. The summed E-state index contributed by atoms with van der Waals surface area (Å²) in [5.41, 5.74) is 1.23. The van der Waals surface area contributed by atoms with E-state index >= 15 is 0 Å². The van der Waals surface area contributed by atoms with E-state index in [9.17, 15) is 4.79 Å². The molecule has 0 atom stereocenters. The fourth-order valence-corrected chi connectivity index (χ4v) is 1.93. The van der Waals surface area contributed by atoms with Crippen molar-refractivity contribution in [1.29, 1.82) is 0 Å². The number of imidazole rings is 1. The molecule has 3 nitrogen and oxygen atoms in total. The highest BCUT2D eigenvalue weighted by atomic mass is 16.1. The average Bonchev–Trinajstić information content (AvgIpc) is 2.48. The number of rotatable bonds is 2. The summed E-state index contributed by atoms with van der Waals surface area (Å²) in [6.07, 6.45) is 10.3. The number of aryl methyl sites for hydroxylation is 1. The SMILES string of the molecule is Cn1ccnc1CC1=CC(=O)CCCC1. The molecule has 1 heterocycles. The van der Waals surface area contributed by atoms with Gasteiger partial charge >= 0.3 is 0 Å². The van der Waals surface area contributed by atoms with Crippen LogP contribution in [0.2, 0.25) is 0 Å². The molecule has 0 aliphatic heterocycles. The number of hydrogen-bond acceptors (Lipinski definition) is 2. The maximum Gasteiger partial charge on any atom is 0.155 e. The molecular weight excluding hydrogens is 188 g/mol. The van der Waals surface area contributed by atoms with E-state index in [2.05, 4.69) is 4.98 Å². The summed E-state index contributed by atoms with van der Waals surface area (Å²) in [5.74, 6) is 1.31. The zero-order valence-corrected chi connectivity index (χ0v) is 9.07. The Kier molecular flexibility index (Phi) is 2.99. The first-order chi connectivity index (χ1) is 7.25. The first-order valence-electron chi connectivity index (χ1n) is 5.44. The number of carbonyl (C=O) groups is 1. The Balaban J connectivity index is 2.11. The number of carbonyl (C=O) groups excluding carboxylic acids is 1. The van der Waals surface area contributed by atoms with Crippen LogP contribution in [0, 0.1) is 0 Å². The van der Waals surface area contributed by atoms with Crippen LogP contribution in [0.5, 0.6) is 0 Å². The second-order valence-corrected chi connectivity index (χ2v) is 4.11. The highest BCUT2D eigenvalue weighted by molar-refractivity contribution is 5.90. The van der Waals surface area contributed by atoms with Gasteiger partial charge in [0.05, 0.1) is 0 Å². The molecule has 15 heavy (non-hydrogen) atoms. The van der Waals surface area contributed by atoms with Gasteiger partial charge in [-0.2, -0.15) is 0 Å². The number of nitrogens with zero attached hydrogens (tertiary/aromatic N) is 2. The van der Waals surface area contributed by atoms with Crippen LogP contribution in [0.15, 0.2) is 24.0 Å². The molecule has 0 saturated carbocycles. The molecule has 0 fully saturated rings. The summed E-state index contributed by atoms with van der Waals surface area (Å²) < 4.78 is 2.01. The van der Waals surface area contributed by atoms with Crippen molar-refractivity contribution in [3.8, 4) is 0 Å². The molecule has 1 aliphatic rings. The Labute approximate surface area is 89.8 Å². The Hall–Kier alpha value is -1.38. The van der Waals surface area contributed by atoms with Gasteiger partial charge in [-0.3, -0.25) is 4.79 Å². The van der Waals surface area contributed by atoms with Crippen LogP contribution in [-0.2, 0) is 18.3 Å². The third kappa shape index (κ3) is 2.55. The van der Waals surface area contributed by atoms with E-state index in [-0.39, 0.29) is 5.78 Å². The lowest BCUT2D eigenvalue weighted by atomic mass is 10.1. The standard InChI is InChI=1S/C12H16N2O/c1-14-7-6-13-12(14)9-10-4-2-3-5-11(15)8-10/h6-8H,2-5,9H2,1H3. The fraction of sp³-hybridized carbons (Fsp3) is 0.500. The van der Waals surface area contributed by atoms with Gasteiger partial charge in [0.1, 0.15) is 5.82 Å². The van der Waals surface area contributed by atoms with Crippen molar-refractivity contribution >= 4 is 5.78 Å². The highest BCUT2D eigenvalue weighted by Gasteiger charge is 2.10. The third-order valence-corrected chi connectivity index (χ3v) is 2.84. The van der Waals surface area contributed by atoms with Crippen molar-refractivity contribution in [2.24, 2.45) is 7.05 Å². The zero-order chi connectivity index (χ0) is 10.7. The number of ketones is 1. The molecule has 0 aromatic carbocycles. The van der Waals surface area contributed by atoms with Gasteiger partial charge in [-0.1, -0.05) is 5.57 Å². The minimum Gasteiger partial charge on any atom is -0.338 e. The summed E-state index contributed by atoms with van der Waals surface area (Å²) >= 11 is 0. The van der Waals surface area contributed by atoms with E-state index < -0.39 is 0 Å². The molecule has 80 valence electrons. The lowest BCUT2D eigenvalue weighted by molar-refractivity contribution is -0.114. The van der Waals surface area contributed by atoms with Crippen molar-refractivity contribution in [3.63, 3.8) is 0 Å². The molecule has 0 spiro atoms. The monoisotopic (exact) mass is 204 g/mol. The summed E-state index contributed by atoms with van der Waals surface area (Å²) in [5, 5.41) is 0. The molecule has 3 heteroatoms. The van der Waals surface area contributed by atoms with Crippen LogP contribution in [0.1, 0.15) is 31.5 Å². The van der Waals surface area contributed by atoms with Crippen LogP contribution >= 0.6 is 0 Å². The van der Waals surface area contributed by atoms with Crippen molar-refractivity contribution in [1.82, 2.24) is 9.55 Å². The number of aromatic nitrogens is 2. The van der Waals surface area contributed by atoms with Crippen molar-refractivity contribution in [2.75, 3.05) is 0 Å². The van der Waals surface area contributed by atoms with Gasteiger partial charge in [-0.25, -0.2) is 4.98 Å². The van der Waals surface area contributed by atoms with Gasteiger partial charge in [-0.05, 0) is 25.3 Å². The third-order valence-electron chi connectivity index (χ3n) is 2.84. The van der Waals surface area contributed by atoms with E-state index in [1.54, 1.807) is 6.20 Å². The summed E-state index contributed by atoms with van der Waals surface area (Å²) in [6.45, 7) is 0. The van der Waals surface area contributed by atoms with Gasteiger partial charge in [0, 0.05) is 32.3 Å². The molecule has 1 aromatic rings. The zero-order valence-electron chi connectivity index (χ0n) is 9.07. The lowest BCUT2D eigenvalue weighted by Crippen LogP contribution is -2.00. The number of allylic oxidation sites excluding steroid dienone is 2.